The molecule has 0 aliphatic heterocycles. The maximum Gasteiger partial charge on any atom is 0.124 e. The van der Waals surface area contributed by atoms with E-state index < -0.39 is 0 Å². The monoisotopic (exact) mass is 185 g/mol. The molecule has 0 aromatic carbocycles. The molecule has 1 aromatic heterocycles. The normalized spacial score (nSPS) is 12.0. The van der Waals surface area contributed by atoms with Gasteiger partial charge < -0.3 is 4.74 Å². The van der Waals surface area contributed by atoms with E-state index in [1.807, 2.05) is 13.8 Å². The molecule has 0 radical (unpaired) electrons. The first kappa shape index (κ1) is 9.68. The fourth-order valence-corrected chi connectivity index (χ4v) is 1.84. The van der Waals surface area contributed by atoms with Crippen molar-refractivity contribution in [2.45, 2.75) is 32.8 Å². The molecule has 68 valence electrons. The lowest BCUT2D eigenvalue weighted by atomic mass is 10.1. The van der Waals surface area contributed by atoms with Crippen LogP contribution in [0.5, 0.6) is 0 Å². The van der Waals surface area contributed by atoms with Crippen LogP contribution in [0.3, 0.4) is 0 Å². The molecular weight excluding hydrogens is 170 g/mol. The second-order valence-corrected chi connectivity index (χ2v) is 4.07. The van der Waals surface area contributed by atoms with Gasteiger partial charge in [0.15, 0.2) is 0 Å². The van der Waals surface area contributed by atoms with Crippen LogP contribution in [-0.4, -0.2) is 12.1 Å². The number of nitrogens with zero attached hydrogens (tertiary/aromatic N) is 1. The van der Waals surface area contributed by atoms with Gasteiger partial charge in [0.25, 0.3) is 0 Å². The van der Waals surface area contributed by atoms with Crippen molar-refractivity contribution >= 4 is 11.3 Å². The summed E-state index contributed by atoms with van der Waals surface area (Å²) in [7, 11) is 1.72. The number of ether oxygens (including phenoxy) is 1. The summed E-state index contributed by atoms with van der Waals surface area (Å²) in [5, 5.41) is 3.15. The Kier molecular flexibility index (Phi) is 2.85. The minimum Gasteiger partial charge on any atom is -0.372 e. The van der Waals surface area contributed by atoms with E-state index in [4.69, 9.17) is 4.74 Å². The smallest absolute Gasteiger partial charge is 0.124 e. The Labute approximate surface area is 77.6 Å². The molecule has 0 saturated heterocycles. The first-order valence-corrected chi connectivity index (χ1v) is 4.98. The fraction of sp³-hybridized carbons (Fsp3) is 0.667. The number of aryl methyl sites for hydroxylation is 1. The number of thiazole rings is 1. The summed E-state index contributed by atoms with van der Waals surface area (Å²) in [4.78, 5) is 4.46. The van der Waals surface area contributed by atoms with Crippen molar-refractivity contribution in [3.05, 3.63) is 16.1 Å². The second kappa shape index (κ2) is 3.54. The first-order chi connectivity index (χ1) is 5.60. The molecule has 2 nitrogen and oxygen atoms in total. The van der Waals surface area contributed by atoms with Crippen LogP contribution in [0.1, 0.15) is 31.5 Å². The Balaban J connectivity index is 2.88. The van der Waals surface area contributed by atoms with Gasteiger partial charge in [-0.25, -0.2) is 4.98 Å². The Morgan fingerprint density at radius 1 is 1.58 bits per heavy atom. The zero-order chi connectivity index (χ0) is 9.19. The Morgan fingerprint density at radius 3 is 2.67 bits per heavy atom. The molecule has 0 bridgehead atoms. The summed E-state index contributed by atoms with van der Waals surface area (Å²) in [5.74, 6) is 0. The minimum atomic E-state index is -0.238. The van der Waals surface area contributed by atoms with Crippen molar-refractivity contribution in [2.75, 3.05) is 7.11 Å². The first-order valence-electron chi connectivity index (χ1n) is 4.10. The molecule has 1 aromatic rings. The molecule has 0 N–H and O–H groups in total. The highest BCUT2D eigenvalue weighted by Gasteiger charge is 2.22. The number of hydrogen-bond acceptors (Lipinski definition) is 3. The molecule has 0 atom stereocenters. The Bertz CT molecular complexity index is 255. The maximum absolute atomic E-state index is 5.33. The van der Waals surface area contributed by atoms with Gasteiger partial charge >= 0.3 is 0 Å². The number of rotatable bonds is 3. The fourth-order valence-electron chi connectivity index (χ4n) is 0.833. The predicted octanol–water partition coefficient (Wildman–Crippen LogP) is 2.59. The predicted molar refractivity (Wildman–Crippen MR) is 51.5 cm³/mol. The van der Waals surface area contributed by atoms with Crippen molar-refractivity contribution < 1.29 is 4.74 Å². The van der Waals surface area contributed by atoms with Crippen molar-refractivity contribution in [3.63, 3.8) is 0 Å². The molecule has 12 heavy (non-hydrogen) atoms. The maximum atomic E-state index is 5.33. The highest BCUT2D eigenvalue weighted by molar-refractivity contribution is 7.09. The SMILES string of the molecule is CCc1csc(C(C)(C)OC)n1. The van der Waals surface area contributed by atoms with Gasteiger partial charge in [-0.05, 0) is 20.3 Å². The average molecular weight is 185 g/mol. The van der Waals surface area contributed by atoms with Gasteiger partial charge in [0.2, 0.25) is 0 Å². The lowest BCUT2D eigenvalue weighted by molar-refractivity contribution is 0.0189. The molecule has 0 aliphatic rings. The van der Waals surface area contributed by atoms with Gasteiger partial charge in [0, 0.05) is 12.5 Å². The van der Waals surface area contributed by atoms with Crippen molar-refractivity contribution in [2.24, 2.45) is 0 Å². The van der Waals surface area contributed by atoms with Gasteiger partial charge in [0.05, 0.1) is 5.69 Å². The van der Waals surface area contributed by atoms with E-state index >= 15 is 0 Å². The quantitative estimate of drug-likeness (QED) is 0.722. The van der Waals surface area contributed by atoms with E-state index in [-0.39, 0.29) is 5.60 Å². The molecule has 0 aliphatic carbocycles. The summed E-state index contributed by atoms with van der Waals surface area (Å²) in [6.45, 7) is 6.18. The lowest BCUT2D eigenvalue weighted by Crippen LogP contribution is -2.19. The molecule has 0 saturated carbocycles. The van der Waals surface area contributed by atoms with E-state index in [0.29, 0.717) is 0 Å². The minimum absolute atomic E-state index is 0.238. The van der Waals surface area contributed by atoms with Gasteiger partial charge in [-0.3, -0.25) is 0 Å². The molecule has 0 amide bonds. The summed E-state index contributed by atoms with van der Waals surface area (Å²) < 4.78 is 5.33. The summed E-state index contributed by atoms with van der Waals surface area (Å²) in [6, 6.07) is 0. The highest BCUT2D eigenvalue weighted by Crippen LogP contribution is 2.26. The van der Waals surface area contributed by atoms with Gasteiger partial charge in [-0.2, -0.15) is 0 Å². The lowest BCUT2D eigenvalue weighted by Gasteiger charge is -2.19. The molecule has 3 heteroatoms. The van der Waals surface area contributed by atoms with Crippen LogP contribution in [0.25, 0.3) is 0 Å². The van der Waals surface area contributed by atoms with Crippen LogP contribution in [0.2, 0.25) is 0 Å². The number of methoxy groups -OCH3 is 1. The third kappa shape index (κ3) is 1.84. The molecule has 0 unspecified atom stereocenters. The van der Waals surface area contributed by atoms with Crippen molar-refractivity contribution in [1.82, 2.24) is 4.98 Å². The topological polar surface area (TPSA) is 22.1 Å². The number of hydrogen-bond donors (Lipinski definition) is 0. The van der Waals surface area contributed by atoms with Gasteiger partial charge in [0.1, 0.15) is 10.6 Å². The van der Waals surface area contributed by atoms with Crippen LogP contribution in [0.4, 0.5) is 0 Å². The Morgan fingerprint density at radius 2 is 2.25 bits per heavy atom. The van der Waals surface area contributed by atoms with E-state index in [9.17, 15) is 0 Å². The zero-order valence-electron chi connectivity index (χ0n) is 8.05. The van der Waals surface area contributed by atoms with E-state index in [1.165, 1.54) is 0 Å². The zero-order valence-corrected chi connectivity index (χ0v) is 8.86. The van der Waals surface area contributed by atoms with E-state index in [2.05, 4.69) is 17.3 Å². The van der Waals surface area contributed by atoms with Crippen LogP contribution in [0.15, 0.2) is 5.38 Å². The second-order valence-electron chi connectivity index (χ2n) is 3.21. The molecule has 1 rings (SSSR count). The average Bonchev–Trinajstić information content (AvgIpc) is 2.52. The molecule has 0 fully saturated rings. The van der Waals surface area contributed by atoms with Gasteiger partial charge in [-0.1, -0.05) is 6.92 Å². The third-order valence-electron chi connectivity index (χ3n) is 1.94. The third-order valence-corrected chi connectivity index (χ3v) is 3.14. The highest BCUT2D eigenvalue weighted by atomic mass is 32.1. The van der Waals surface area contributed by atoms with Crippen LogP contribution >= 0.6 is 11.3 Å². The molecular formula is C9H15NOS. The van der Waals surface area contributed by atoms with E-state index in [0.717, 1.165) is 17.1 Å². The van der Waals surface area contributed by atoms with Crippen LogP contribution in [0, 0.1) is 0 Å². The van der Waals surface area contributed by atoms with Crippen molar-refractivity contribution in [1.29, 1.82) is 0 Å². The summed E-state index contributed by atoms with van der Waals surface area (Å²) >= 11 is 1.67. The van der Waals surface area contributed by atoms with E-state index in [1.54, 1.807) is 18.4 Å². The van der Waals surface area contributed by atoms with Crippen LogP contribution < -0.4 is 0 Å². The van der Waals surface area contributed by atoms with Crippen molar-refractivity contribution in [3.8, 4) is 0 Å². The standard InChI is InChI=1S/C9H15NOS/c1-5-7-6-12-8(10-7)9(2,3)11-4/h6H,5H2,1-4H3. The molecule has 1 heterocycles. The largest absolute Gasteiger partial charge is 0.372 e. The Hall–Kier alpha value is -0.410. The van der Waals surface area contributed by atoms with Gasteiger partial charge in [-0.15, -0.1) is 11.3 Å². The van der Waals surface area contributed by atoms with Crippen LogP contribution in [-0.2, 0) is 16.8 Å². The molecule has 0 spiro atoms. The number of aromatic nitrogens is 1. The summed E-state index contributed by atoms with van der Waals surface area (Å²) in [6.07, 6.45) is 0.996. The summed E-state index contributed by atoms with van der Waals surface area (Å²) in [5.41, 5.74) is 0.915.